The third-order valence-electron chi connectivity index (χ3n) is 1.17. The predicted octanol–water partition coefficient (Wildman–Crippen LogP) is -0.576. The largest absolute Gasteiger partial charge is 0.465 e. The van der Waals surface area contributed by atoms with Gasteiger partial charge in [0.25, 0.3) is 0 Å². The number of aliphatic hydroxyl groups excluding tert-OH is 1. The minimum Gasteiger partial charge on any atom is -0.465 e. The van der Waals surface area contributed by atoms with Crippen molar-refractivity contribution < 1.29 is 14.6 Å². The van der Waals surface area contributed by atoms with Crippen molar-refractivity contribution in [2.24, 2.45) is 5.73 Å². The van der Waals surface area contributed by atoms with Crippen molar-refractivity contribution in [3.63, 3.8) is 0 Å². The quantitative estimate of drug-likeness (QED) is 0.425. The molecule has 0 saturated heterocycles. The molecule has 11 heavy (non-hydrogen) atoms. The fraction of sp³-hybridized carbons (Fsp3) is 0.571. The highest BCUT2D eigenvalue weighted by molar-refractivity contribution is 5.76. The Morgan fingerprint density at radius 1 is 1.91 bits per heavy atom. The molecule has 0 aliphatic heterocycles. The lowest BCUT2D eigenvalue weighted by Crippen LogP contribution is -2.41. The van der Waals surface area contributed by atoms with Crippen LogP contribution in [0.4, 0.5) is 0 Å². The van der Waals surface area contributed by atoms with Crippen molar-refractivity contribution >= 4 is 5.97 Å². The second kappa shape index (κ2) is 4.87. The average molecular weight is 159 g/mol. The van der Waals surface area contributed by atoms with E-state index in [1.54, 1.807) is 6.92 Å². The Morgan fingerprint density at radius 3 is 2.82 bits per heavy atom. The molecule has 0 aliphatic carbocycles. The highest BCUT2D eigenvalue weighted by Gasteiger charge is 2.20. The Hall–Kier alpha value is -0.870. The minimum atomic E-state index is -1.03. The van der Waals surface area contributed by atoms with Crippen LogP contribution in [0.1, 0.15) is 6.92 Å². The first-order chi connectivity index (χ1) is 5.13. The van der Waals surface area contributed by atoms with Crippen molar-refractivity contribution in [3.05, 3.63) is 12.7 Å². The van der Waals surface area contributed by atoms with Gasteiger partial charge in [0.05, 0.1) is 12.7 Å². The third-order valence-corrected chi connectivity index (χ3v) is 1.17. The summed E-state index contributed by atoms with van der Waals surface area (Å²) in [4.78, 5) is 10.8. The van der Waals surface area contributed by atoms with Gasteiger partial charge in [0.15, 0.2) is 0 Å². The number of carbonyl (C=O) groups is 1. The van der Waals surface area contributed by atoms with Gasteiger partial charge in [-0.15, -0.1) is 6.58 Å². The summed E-state index contributed by atoms with van der Waals surface area (Å²) in [7, 11) is 0. The molecule has 0 aromatic rings. The van der Waals surface area contributed by atoms with Crippen LogP contribution in [0.5, 0.6) is 0 Å². The minimum absolute atomic E-state index is 0.260. The summed E-state index contributed by atoms with van der Waals surface area (Å²) in [5.74, 6) is -0.611. The normalized spacial score (nSPS) is 15.2. The van der Waals surface area contributed by atoms with Gasteiger partial charge in [-0.25, -0.2) is 0 Å². The van der Waals surface area contributed by atoms with Gasteiger partial charge in [-0.1, -0.05) is 6.08 Å². The molecular weight excluding hydrogens is 146 g/mol. The Labute approximate surface area is 65.6 Å². The molecule has 0 fully saturated rings. The van der Waals surface area contributed by atoms with Gasteiger partial charge in [0.1, 0.15) is 6.04 Å². The molecule has 0 aliphatic rings. The SMILES string of the molecule is C=C[C@@H](O)[C@@H](N)C(=O)OCC. The van der Waals surface area contributed by atoms with E-state index in [4.69, 9.17) is 10.8 Å². The van der Waals surface area contributed by atoms with Gasteiger partial charge >= 0.3 is 5.97 Å². The molecule has 0 bridgehead atoms. The smallest absolute Gasteiger partial charge is 0.325 e. The van der Waals surface area contributed by atoms with Crippen LogP contribution in [0.3, 0.4) is 0 Å². The second-order valence-corrected chi connectivity index (χ2v) is 2.00. The summed E-state index contributed by atoms with van der Waals surface area (Å²) >= 11 is 0. The lowest BCUT2D eigenvalue weighted by atomic mass is 10.2. The molecule has 4 heteroatoms. The molecule has 3 N–H and O–H groups in total. The molecule has 0 aromatic heterocycles. The summed E-state index contributed by atoms with van der Waals surface area (Å²) in [5, 5.41) is 8.98. The number of carbonyl (C=O) groups excluding carboxylic acids is 1. The maximum absolute atomic E-state index is 10.8. The summed E-state index contributed by atoms with van der Waals surface area (Å²) in [6.45, 7) is 5.22. The van der Waals surface area contributed by atoms with E-state index in [9.17, 15) is 4.79 Å². The zero-order valence-electron chi connectivity index (χ0n) is 6.49. The van der Waals surface area contributed by atoms with Gasteiger partial charge in [-0.05, 0) is 6.92 Å². The van der Waals surface area contributed by atoms with Crippen molar-refractivity contribution in [1.82, 2.24) is 0 Å². The molecule has 0 unspecified atom stereocenters. The number of aliphatic hydroxyl groups is 1. The molecule has 0 radical (unpaired) electrons. The average Bonchev–Trinajstić information content (AvgIpc) is 2.02. The lowest BCUT2D eigenvalue weighted by molar-refractivity contribution is -0.146. The molecule has 0 amide bonds. The van der Waals surface area contributed by atoms with E-state index in [1.807, 2.05) is 0 Å². The van der Waals surface area contributed by atoms with Crippen LogP contribution in [-0.2, 0) is 9.53 Å². The highest BCUT2D eigenvalue weighted by atomic mass is 16.5. The lowest BCUT2D eigenvalue weighted by Gasteiger charge is -2.12. The van der Waals surface area contributed by atoms with Crippen molar-refractivity contribution in [3.8, 4) is 0 Å². The van der Waals surface area contributed by atoms with Crippen LogP contribution in [-0.4, -0.2) is 29.8 Å². The number of esters is 1. The van der Waals surface area contributed by atoms with E-state index >= 15 is 0 Å². The van der Waals surface area contributed by atoms with E-state index in [0.717, 1.165) is 0 Å². The fourth-order valence-corrected chi connectivity index (χ4v) is 0.525. The van der Waals surface area contributed by atoms with Gasteiger partial charge < -0.3 is 15.6 Å². The highest BCUT2D eigenvalue weighted by Crippen LogP contribution is 1.94. The van der Waals surface area contributed by atoms with Crippen LogP contribution in [0.25, 0.3) is 0 Å². The van der Waals surface area contributed by atoms with E-state index in [-0.39, 0.29) is 6.61 Å². The maximum Gasteiger partial charge on any atom is 0.325 e. The van der Waals surface area contributed by atoms with E-state index in [0.29, 0.717) is 0 Å². The molecule has 0 heterocycles. The first-order valence-electron chi connectivity index (χ1n) is 3.36. The van der Waals surface area contributed by atoms with Gasteiger partial charge in [-0.3, -0.25) is 4.79 Å². The van der Waals surface area contributed by atoms with Crippen LogP contribution in [0.2, 0.25) is 0 Å². The Kier molecular flexibility index (Phi) is 4.49. The zero-order chi connectivity index (χ0) is 8.85. The first kappa shape index (κ1) is 10.1. The van der Waals surface area contributed by atoms with Crippen LogP contribution >= 0.6 is 0 Å². The van der Waals surface area contributed by atoms with E-state index in [1.165, 1.54) is 6.08 Å². The maximum atomic E-state index is 10.8. The number of rotatable bonds is 4. The van der Waals surface area contributed by atoms with Crippen molar-refractivity contribution in [2.75, 3.05) is 6.61 Å². The second-order valence-electron chi connectivity index (χ2n) is 2.00. The first-order valence-corrected chi connectivity index (χ1v) is 3.36. The van der Waals surface area contributed by atoms with Crippen molar-refractivity contribution in [2.45, 2.75) is 19.1 Å². The Balaban J connectivity index is 3.90. The number of nitrogens with two attached hydrogens (primary N) is 1. The predicted molar refractivity (Wildman–Crippen MR) is 40.8 cm³/mol. The molecule has 0 rings (SSSR count). The number of hydrogen-bond acceptors (Lipinski definition) is 4. The molecular formula is C7H13NO3. The summed E-state index contributed by atoms with van der Waals surface area (Å²) in [6, 6.07) is -1.02. The fourth-order valence-electron chi connectivity index (χ4n) is 0.525. The molecule has 4 nitrogen and oxygen atoms in total. The number of hydrogen-bond donors (Lipinski definition) is 2. The third kappa shape index (κ3) is 3.15. The molecule has 64 valence electrons. The molecule has 0 saturated carbocycles. The summed E-state index contributed by atoms with van der Waals surface area (Å²) < 4.78 is 4.55. The van der Waals surface area contributed by atoms with Crippen LogP contribution < -0.4 is 5.73 Å². The summed E-state index contributed by atoms with van der Waals surface area (Å²) in [6.07, 6.45) is 0.163. The van der Waals surface area contributed by atoms with E-state index < -0.39 is 18.1 Å². The topological polar surface area (TPSA) is 72.5 Å². The zero-order valence-corrected chi connectivity index (χ0v) is 6.49. The Bertz CT molecular complexity index is 147. The van der Waals surface area contributed by atoms with Crippen LogP contribution in [0.15, 0.2) is 12.7 Å². The summed E-state index contributed by atoms with van der Waals surface area (Å²) in [5.41, 5.74) is 5.26. The molecule has 0 spiro atoms. The van der Waals surface area contributed by atoms with E-state index in [2.05, 4.69) is 11.3 Å². The standard InChI is InChI=1S/C7H13NO3/c1-3-5(9)6(8)7(10)11-4-2/h3,5-6,9H,1,4,8H2,2H3/t5-,6-/m1/s1. The van der Waals surface area contributed by atoms with Crippen LogP contribution in [0, 0.1) is 0 Å². The Morgan fingerprint density at radius 2 is 2.45 bits per heavy atom. The number of ether oxygens (including phenoxy) is 1. The molecule has 2 atom stereocenters. The van der Waals surface area contributed by atoms with Gasteiger partial charge in [0.2, 0.25) is 0 Å². The van der Waals surface area contributed by atoms with Gasteiger partial charge in [-0.2, -0.15) is 0 Å². The van der Waals surface area contributed by atoms with Gasteiger partial charge in [0, 0.05) is 0 Å². The van der Waals surface area contributed by atoms with Crippen molar-refractivity contribution in [1.29, 1.82) is 0 Å². The monoisotopic (exact) mass is 159 g/mol. The molecule has 0 aromatic carbocycles.